The minimum Gasteiger partial charge on any atom is -0.482 e. The highest BCUT2D eigenvalue weighted by Gasteiger charge is 2.40. The molecule has 0 aliphatic rings. The van der Waals surface area contributed by atoms with Gasteiger partial charge >= 0.3 is 12.1 Å². The molecule has 3 rings (SSSR count). The lowest BCUT2D eigenvalue weighted by Crippen LogP contribution is -2.15. The summed E-state index contributed by atoms with van der Waals surface area (Å²) in [4.78, 5) is 23.4. The van der Waals surface area contributed by atoms with E-state index in [4.69, 9.17) is 30.6 Å². The molecule has 0 saturated carbocycles. The van der Waals surface area contributed by atoms with E-state index in [9.17, 15) is 22.8 Å². The molecule has 0 atom stereocenters. The standard InChI is InChI=1S/C20H14ClF3O6/c1-9-5-12(6-10(2)16(9)21)29-18-17(27)13-4-3-11(28-8-15(25)26)7-14(13)30-19(18)20(22,23)24/h3-7H,8H2,1-2H3,(H,25,26). The highest BCUT2D eigenvalue weighted by Crippen LogP contribution is 2.39. The Labute approximate surface area is 172 Å². The fraction of sp³-hybridized carbons (Fsp3) is 0.200. The van der Waals surface area contributed by atoms with Crippen molar-refractivity contribution < 1.29 is 37.0 Å². The van der Waals surface area contributed by atoms with Gasteiger partial charge in [0.2, 0.25) is 11.2 Å². The van der Waals surface area contributed by atoms with Gasteiger partial charge in [-0.2, -0.15) is 13.2 Å². The quantitative estimate of drug-likeness (QED) is 0.574. The minimum absolute atomic E-state index is 0.00652. The third-order valence-electron chi connectivity index (χ3n) is 4.07. The zero-order chi connectivity index (χ0) is 22.2. The van der Waals surface area contributed by atoms with Gasteiger partial charge in [-0.1, -0.05) is 11.6 Å². The van der Waals surface area contributed by atoms with E-state index in [1.807, 2.05) is 0 Å². The van der Waals surface area contributed by atoms with Crippen molar-refractivity contribution in [2.45, 2.75) is 20.0 Å². The number of carboxylic acid groups (broad SMARTS) is 1. The zero-order valence-corrected chi connectivity index (χ0v) is 16.4. The maximum Gasteiger partial charge on any atom is 0.453 e. The van der Waals surface area contributed by atoms with Crippen molar-refractivity contribution in [3.63, 3.8) is 0 Å². The monoisotopic (exact) mass is 442 g/mol. The number of benzene rings is 2. The molecule has 0 fully saturated rings. The first-order valence-corrected chi connectivity index (χ1v) is 8.82. The molecular weight excluding hydrogens is 429 g/mol. The topological polar surface area (TPSA) is 86.0 Å². The van der Waals surface area contributed by atoms with Gasteiger partial charge in [0.15, 0.2) is 6.61 Å². The Morgan fingerprint density at radius 1 is 1.13 bits per heavy atom. The molecular formula is C20H14ClF3O6. The number of rotatable bonds is 5. The second kappa shape index (κ2) is 7.91. The van der Waals surface area contributed by atoms with Crippen LogP contribution in [0.1, 0.15) is 16.9 Å². The van der Waals surface area contributed by atoms with E-state index in [1.54, 1.807) is 13.8 Å². The first-order chi connectivity index (χ1) is 14.0. The summed E-state index contributed by atoms with van der Waals surface area (Å²) < 4.78 is 55.9. The summed E-state index contributed by atoms with van der Waals surface area (Å²) in [6, 6.07) is 6.23. The minimum atomic E-state index is -5.03. The lowest BCUT2D eigenvalue weighted by Gasteiger charge is -2.14. The molecule has 1 aromatic heterocycles. The number of carbonyl (C=O) groups is 1. The van der Waals surface area contributed by atoms with Gasteiger partial charge in [0.05, 0.1) is 5.39 Å². The van der Waals surface area contributed by atoms with Crippen molar-refractivity contribution in [2.24, 2.45) is 0 Å². The molecule has 0 radical (unpaired) electrons. The molecule has 3 aromatic rings. The molecule has 0 unspecified atom stereocenters. The van der Waals surface area contributed by atoms with Crippen LogP contribution in [-0.4, -0.2) is 17.7 Å². The van der Waals surface area contributed by atoms with Crippen LogP contribution < -0.4 is 14.9 Å². The SMILES string of the molecule is Cc1cc(Oc2c(C(F)(F)F)oc3cc(OCC(=O)O)ccc3c2=O)cc(C)c1Cl. The Hall–Kier alpha value is -3.20. The Morgan fingerprint density at radius 3 is 2.33 bits per heavy atom. The van der Waals surface area contributed by atoms with E-state index in [1.165, 1.54) is 24.3 Å². The predicted octanol–water partition coefficient (Wildman–Crippen LogP) is 5.34. The number of aliphatic carboxylic acids is 1. The zero-order valence-electron chi connectivity index (χ0n) is 15.6. The summed E-state index contributed by atoms with van der Waals surface area (Å²) in [5.41, 5.74) is -0.346. The van der Waals surface area contributed by atoms with Gasteiger partial charge in [0.25, 0.3) is 5.76 Å². The Morgan fingerprint density at radius 2 is 1.77 bits per heavy atom. The molecule has 1 heterocycles. The van der Waals surface area contributed by atoms with Crippen molar-refractivity contribution >= 4 is 28.5 Å². The molecule has 2 aromatic carbocycles. The lowest BCUT2D eigenvalue weighted by atomic mass is 10.1. The molecule has 0 aliphatic carbocycles. The third-order valence-corrected chi connectivity index (χ3v) is 4.67. The number of fused-ring (bicyclic) bond motifs is 1. The van der Waals surface area contributed by atoms with E-state index in [0.717, 1.165) is 6.07 Å². The van der Waals surface area contributed by atoms with Crippen LogP contribution in [0.5, 0.6) is 17.2 Å². The van der Waals surface area contributed by atoms with Crippen molar-refractivity contribution in [3.8, 4) is 17.2 Å². The first kappa shape index (κ1) is 21.5. The van der Waals surface area contributed by atoms with Crippen LogP contribution in [0.15, 0.2) is 39.5 Å². The number of hydrogen-bond acceptors (Lipinski definition) is 5. The van der Waals surface area contributed by atoms with Crippen molar-refractivity contribution in [2.75, 3.05) is 6.61 Å². The van der Waals surface area contributed by atoms with Crippen LogP contribution in [0.2, 0.25) is 5.02 Å². The van der Waals surface area contributed by atoms with Crippen LogP contribution >= 0.6 is 11.6 Å². The molecule has 0 saturated heterocycles. The smallest absolute Gasteiger partial charge is 0.453 e. The number of alkyl halides is 3. The second-order valence-electron chi connectivity index (χ2n) is 6.40. The van der Waals surface area contributed by atoms with E-state index < -0.39 is 41.3 Å². The van der Waals surface area contributed by atoms with Crippen molar-refractivity contribution in [3.05, 3.63) is 62.5 Å². The summed E-state index contributed by atoms with van der Waals surface area (Å²) in [5.74, 6) is -3.99. The summed E-state index contributed by atoms with van der Waals surface area (Å²) in [5, 5.41) is 8.88. The van der Waals surface area contributed by atoms with Crippen LogP contribution in [0.3, 0.4) is 0 Å². The van der Waals surface area contributed by atoms with Crippen LogP contribution in [0, 0.1) is 13.8 Å². The second-order valence-corrected chi connectivity index (χ2v) is 6.78. The normalized spacial score (nSPS) is 11.5. The average Bonchev–Trinajstić information content (AvgIpc) is 2.65. The fourth-order valence-corrected chi connectivity index (χ4v) is 2.86. The van der Waals surface area contributed by atoms with Gasteiger partial charge in [0.1, 0.15) is 17.1 Å². The molecule has 1 N–H and O–H groups in total. The van der Waals surface area contributed by atoms with Gasteiger partial charge in [-0.25, -0.2) is 4.79 Å². The fourth-order valence-electron chi connectivity index (χ4n) is 2.75. The predicted molar refractivity (Wildman–Crippen MR) is 102 cm³/mol. The third kappa shape index (κ3) is 4.35. The summed E-state index contributed by atoms with van der Waals surface area (Å²) in [6.07, 6.45) is -5.03. The van der Waals surface area contributed by atoms with Crippen molar-refractivity contribution in [1.82, 2.24) is 0 Å². The molecule has 6 nitrogen and oxygen atoms in total. The van der Waals surface area contributed by atoms with E-state index in [0.29, 0.717) is 16.1 Å². The van der Waals surface area contributed by atoms with Gasteiger partial charge in [-0.3, -0.25) is 4.79 Å². The first-order valence-electron chi connectivity index (χ1n) is 8.44. The lowest BCUT2D eigenvalue weighted by molar-refractivity contribution is -0.154. The number of aryl methyl sites for hydroxylation is 2. The summed E-state index contributed by atoms with van der Waals surface area (Å²) >= 11 is 6.06. The summed E-state index contributed by atoms with van der Waals surface area (Å²) in [6.45, 7) is 2.58. The Bertz CT molecular complexity index is 1180. The van der Waals surface area contributed by atoms with Gasteiger partial charge in [-0.05, 0) is 49.2 Å². The van der Waals surface area contributed by atoms with Crippen molar-refractivity contribution in [1.29, 1.82) is 0 Å². The molecule has 30 heavy (non-hydrogen) atoms. The molecule has 0 bridgehead atoms. The number of halogens is 4. The van der Waals surface area contributed by atoms with Gasteiger partial charge < -0.3 is 19.0 Å². The summed E-state index contributed by atoms with van der Waals surface area (Å²) in [7, 11) is 0. The van der Waals surface area contributed by atoms with E-state index in [2.05, 4.69) is 0 Å². The molecule has 158 valence electrons. The Balaban J connectivity index is 2.15. The number of ether oxygens (including phenoxy) is 2. The van der Waals surface area contributed by atoms with Gasteiger partial charge in [0, 0.05) is 11.1 Å². The molecule has 10 heteroatoms. The highest BCUT2D eigenvalue weighted by atomic mass is 35.5. The van der Waals surface area contributed by atoms with Crippen LogP contribution in [0.25, 0.3) is 11.0 Å². The van der Waals surface area contributed by atoms with E-state index >= 15 is 0 Å². The maximum absolute atomic E-state index is 13.6. The number of carboxylic acids is 1. The molecule has 0 spiro atoms. The molecule has 0 amide bonds. The highest BCUT2D eigenvalue weighted by molar-refractivity contribution is 6.32. The Kier molecular flexibility index (Phi) is 5.67. The maximum atomic E-state index is 13.6. The molecule has 0 aliphatic heterocycles. The van der Waals surface area contributed by atoms with Crippen LogP contribution in [0.4, 0.5) is 13.2 Å². The van der Waals surface area contributed by atoms with Crippen LogP contribution in [-0.2, 0) is 11.0 Å². The average molecular weight is 443 g/mol. The van der Waals surface area contributed by atoms with Gasteiger partial charge in [-0.15, -0.1) is 0 Å². The van der Waals surface area contributed by atoms with E-state index in [-0.39, 0.29) is 16.9 Å². The number of hydrogen-bond donors (Lipinski definition) is 1. The largest absolute Gasteiger partial charge is 0.482 e.